The van der Waals surface area contributed by atoms with E-state index in [1.165, 1.54) is 6.20 Å². The van der Waals surface area contributed by atoms with Gasteiger partial charge in [0.1, 0.15) is 5.75 Å². The monoisotopic (exact) mass is 290 g/mol. The van der Waals surface area contributed by atoms with Crippen LogP contribution in [0.25, 0.3) is 0 Å². The molecular formula is C11H19N2O5P. The van der Waals surface area contributed by atoms with Crippen LogP contribution in [0.3, 0.4) is 0 Å². The van der Waals surface area contributed by atoms with Crippen LogP contribution >= 0.6 is 7.82 Å². The van der Waals surface area contributed by atoms with E-state index < -0.39 is 7.82 Å². The Morgan fingerprint density at radius 3 is 2.68 bits per heavy atom. The number of unbranched alkanes of at least 4 members (excludes halogenated alkanes) is 1. The molecule has 0 spiro atoms. The zero-order valence-electron chi connectivity index (χ0n) is 10.7. The van der Waals surface area contributed by atoms with Gasteiger partial charge < -0.3 is 20.6 Å². The highest BCUT2D eigenvalue weighted by Crippen LogP contribution is 2.38. The van der Waals surface area contributed by atoms with E-state index in [-0.39, 0.29) is 18.9 Å². The first-order valence-electron chi connectivity index (χ1n) is 5.97. The molecule has 0 saturated heterocycles. The fourth-order valence-electron chi connectivity index (χ4n) is 1.65. The van der Waals surface area contributed by atoms with E-state index in [9.17, 15) is 9.67 Å². The molecule has 1 aromatic heterocycles. The number of nitrogens with zero attached hydrogens (tertiary/aromatic N) is 1. The molecule has 1 heterocycles. The lowest BCUT2D eigenvalue weighted by molar-refractivity contribution is 0.188. The molecule has 0 aromatic carbocycles. The van der Waals surface area contributed by atoms with E-state index in [0.717, 1.165) is 12.8 Å². The summed E-state index contributed by atoms with van der Waals surface area (Å²) in [4.78, 5) is 21.4. The largest absolute Gasteiger partial charge is 0.506 e. The summed E-state index contributed by atoms with van der Waals surface area (Å²) in [5.74, 6) is -0.0113. The predicted octanol–water partition coefficient (Wildman–Crippen LogP) is 1.20. The lowest BCUT2D eigenvalue weighted by Crippen LogP contribution is -2.07. The van der Waals surface area contributed by atoms with Crippen molar-refractivity contribution >= 4 is 7.82 Å². The second-order valence-corrected chi connectivity index (χ2v) is 5.37. The molecular weight excluding hydrogens is 271 g/mol. The van der Waals surface area contributed by atoms with E-state index in [2.05, 4.69) is 9.51 Å². The Balaban J connectivity index is 2.94. The van der Waals surface area contributed by atoms with Gasteiger partial charge in [0.25, 0.3) is 0 Å². The SMILES string of the molecule is CCCCc1ncc(COP(=O)(O)O)c(CN)c1O. The highest BCUT2D eigenvalue weighted by Gasteiger charge is 2.18. The molecule has 0 aliphatic heterocycles. The van der Waals surface area contributed by atoms with Gasteiger partial charge in [0.2, 0.25) is 0 Å². The summed E-state index contributed by atoms with van der Waals surface area (Å²) in [6.45, 7) is 1.74. The quantitative estimate of drug-likeness (QED) is 0.556. The van der Waals surface area contributed by atoms with Gasteiger partial charge in [0, 0.05) is 23.9 Å². The van der Waals surface area contributed by atoms with Gasteiger partial charge in [0.05, 0.1) is 12.3 Å². The van der Waals surface area contributed by atoms with E-state index in [4.69, 9.17) is 15.5 Å². The number of nitrogens with two attached hydrogens (primary N) is 1. The molecule has 19 heavy (non-hydrogen) atoms. The molecule has 0 fully saturated rings. The first kappa shape index (κ1) is 16.1. The summed E-state index contributed by atoms with van der Waals surface area (Å²) in [7, 11) is -4.56. The minimum Gasteiger partial charge on any atom is -0.506 e. The Morgan fingerprint density at radius 2 is 2.16 bits per heavy atom. The molecule has 0 unspecified atom stereocenters. The average molecular weight is 290 g/mol. The topological polar surface area (TPSA) is 126 Å². The number of rotatable bonds is 7. The standard InChI is InChI=1S/C11H19N2O5P/c1-2-3-4-10-11(14)9(5-12)8(6-13-10)7-18-19(15,16)17/h6,14H,2-5,7,12H2,1H3,(H2,15,16,17). The lowest BCUT2D eigenvalue weighted by Gasteiger charge is -2.13. The third-order valence-corrected chi connectivity index (χ3v) is 3.15. The molecule has 0 aliphatic carbocycles. The van der Waals surface area contributed by atoms with Crippen molar-refractivity contribution in [1.29, 1.82) is 0 Å². The smallest absolute Gasteiger partial charge is 0.469 e. The number of phosphoric ester groups is 1. The lowest BCUT2D eigenvalue weighted by atomic mass is 10.1. The first-order chi connectivity index (χ1) is 8.89. The number of aromatic nitrogens is 1. The van der Waals surface area contributed by atoms with Crippen LogP contribution in [0.5, 0.6) is 5.75 Å². The van der Waals surface area contributed by atoms with Crippen LogP contribution < -0.4 is 5.73 Å². The van der Waals surface area contributed by atoms with Gasteiger partial charge in [0.15, 0.2) is 0 Å². The average Bonchev–Trinajstić information content (AvgIpc) is 2.34. The van der Waals surface area contributed by atoms with Crippen LogP contribution in [-0.4, -0.2) is 19.9 Å². The molecule has 0 bridgehead atoms. The van der Waals surface area contributed by atoms with Gasteiger partial charge in [-0.15, -0.1) is 0 Å². The molecule has 0 amide bonds. The molecule has 7 nitrogen and oxygen atoms in total. The Morgan fingerprint density at radius 1 is 1.47 bits per heavy atom. The predicted molar refractivity (Wildman–Crippen MR) is 69.2 cm³/mol. The second-order valence-electron chi connectivity index (χ2n) is 4.13. The normalized spacial score (nSPS) is 11.8. The van der Waals surface area contributed by atoms with Crippen molar-refractivity contribution in [2.45, 2.75) is 39.3 Å². The van der Waals surface area contributed by atoms with E-state index >= 15 is 0 Å². The number of hydrogen-bond acceptors (Lipinski definition) is 5. The summed E-state index contributed by atoms with van der Waals surface area (Å²) in [6.07, 6.45) is 3.93. The van der Waals surface area contributed by atoms with Crippen molar-refractivity contribution in [3.63, 3.8) is 0 Å². The highest BCUT2D eigenvalue weighted by molar-refractivity contribution is 7.46. The van der Waals surface area contributed by atoms with Gasteiger partial charge in [-0.2, -0.15) is 0 Å². The van der Waals surface area contributed by atoms with Gasteiger partial charge in [-0.3, -0.25) is 9.51 Å². The maximum Gasteiger partial charge on any atom is 0.469 e. The second kappa shape index (κ2) is 6.98. The molecule has 1 rings (SSSR count). The van der Waals surface area contributed by atoms with E-state index in [1.54, 1.807) is 0 Å². The minimum absolute atomic E-state index is 0.0113. The van der Waals surface area contributed by atoms with E-state index in [0.29, 0.717) is 23.2 Å². The molecule has 0 aliphatic rings. The maximum absolute atomic E-state index is 10.7. The van der Waals surface area contributed by atoms with Crippen LogP contribution in [0.4, 0.5) is 0 Å². The minimum atomic E-state index is -4.56. The molecule has 108 valence electrons. The Kier molecular flexibility index (Phi) is 5.90. The van der Waals surface area contributed by atoms with Crippen molar-refractivity contribution in [3.8, 4) is 5.75 Å². The fraction of sp³-hybridized carbons (Fsp3) is 0.545. The van der Waals surface area contributed by atoms with Crippen molar-refractivity contribution in [2.24, 2.45) is 5.73 Å². The van der Waals surface area contributed by atoms with Crippen molar-refractivity contribution in [1.82, 2.24) is 4.98 Å². The molecule has 0 saturated carbocycles. The number of pyridine rings is 1. The summed E-state index contributed by atoms with van der Waals surface area (Å²) in [5.41, 5.74) is 6.88. The number of phosphoric acid groups is 1. The Hall–Kier alpha value is -0.980. The van der Waals surface area contributed by atoms with Gasteiger partial charge >= 0.3 is 7.82 Å². The molecule has 5 N–H and O–H groups in total. The van der Waals surface area contributed by atoms with Crippen LogP contribution in [0.2, 0.25) is 0 Å². The molecule has 0 radical (unpaired) electrons. The summed E-state index contributed by atoms with van der Waals surface area (Å²) in [6, 6.07) is 0. The Bertz CT molecular complexity index is 474. The van der Waals surface area contributed by atoms with Gasteiger partial charge in [-0.25, -0.2) is 4.57 Å². The number of hydrogen-bond donors (Lipinski definition) is 4. The fourth-order valence-corrected chi connectivity index (χ4v) is 1.96. The zero-order chi connectivity index (χ0) is 14.5. The molecule has 1 aromatic rings. The Labute approximate surface area is 111 Å². The summed E-state index contributed by atoms with van der Waals surface area (Å²) in [5, 5.41) is 10.0. The number of aryl methyl sites for hydroxylation is 1. The summed E-state index contributed by atoms with van der Waals surface area (Å²) >= 11 is 0. The van der Waals surface area contributed by atoms with Crippen molar-refractivity contribution in [2.75, 3.05) is 0 Å². The summed E-state index contributed by atoms with van der Waals surface area (Å²) < 4.78 is 15.0. The van der Waals surface area contributed by atoms with Crippen LogP contribution in [0.1, 0.15) is 36.6 Å². The van der Waals surface area contributed by atoms with Crippen molar-refractivity contribution in [3.05, 3.63) is 23.0 Å². The zero-order valence-corrected chi connectivity index (χ0v) is 11.6. The van der Waals surface area contributed by atoms with Crippen LogP contribution in [0, 0.1) is 0 Å². The van der Waals surface area contributed by atoms with Gasteiger partial charge in [-0.05, 0) is 12.8 Å². The highest BCUT2D eigenvalue weighted by atomic mass is 31.2. The van der Waals surface area contributed by atoms with Crippen molar-refractivity contribution < 1.29 is 24.0 Å². The van der Waals surface area contributed by atoms with Crippen LogP contribution in [0.15, 0.2) is 6.20 Å². The molecule has 0 atom stereocenters. The third-order valence-electron chi connectivity index (χ3n) is 2.68. The van der Waals surface area contributed by atoms with E-state index in [1.807, 2.05) is 6.92 Å². The molecule has 8 heteroatoms. The maximum atomic E-state index is 10.7. The third kappa shape index (κ3) is 4.89. The number of aromatic hydroxyl groups is 1. The van der Waals surface area contributed by atoms with Gasteiger partial charge in [-0.1, -0.05) is 13.3 Å². The van der Waals surface area contributed by atoms with Crippen LogP contribution in [-0.2, 0) is 28.7 Å². The first-order valence-corrected chi connectivity index (χ1v) is 7.50.